The number of rotatable bonds is 13. The van der Waals surface area contributed by atoms with Crippen molar-refractivity contribution in [1.82, 2.24) is 9.55 Å². The molecule has 0 fully saturated rings. The van der Waals surface area contributed by atoms with Gasteiger partial charge in [-0.25, -0.2) is 4.98 Å². The molecule has 0 radical (unpaired) electrons. The molecule has 1 aliphatic carbocycles. The van der Waals surface area contributed by atoms with Crippen LogP contribution < -0.4 is 29.2 Å². The van der Waals surface area contributed by atoms with E-state index in [9.17, 15) is 4.79 Å². The molecule has 9 nitrogen and oxygen atoms in total. The van der Waals surface area contributed by atoms with Crippen molar-refractivity contribution in [2.75, 3.05) is 54.2 Å². The lowest BCUT2D eigenvalue weighted by molar-refractivity contribution is 0.299. The minimum absolute atomic E-state index is 0.0608. The second kappa shape index (κ2) is 15.8. The Hall–Kier alpha value is -4.05. The Balaban J connectivity index is 0.00000237. The molecule has 0 spiro atoms. The summed E-state index contributed by atoms with van der Waals surface area (Å²) < 4.78 is 35.2. The fraction of sp³-hybridized carbons (Fsp3) is 0.375. The number of pyridine rings is 2. The lowest BCUT2D eigenvalue weighted by Gasteiger charge is -2.20. The Morgan fingerprint density at radius 3 is 2.26 bits per heavy atom. The van der Waals surface area contributed by atoms with E-state index in [1.54, 1.807) is 58.4 Å². The zero-order valence-corrected chi connectivity index (χ0v) is 26.1. The minimum atomic E-state index is -0.397. The van der Waals surface area contributed by atoms with Crippen LogP contribution in [0.3, 0.4) is 0 Å². The van der Waals surface area contributed by atoms with Gasteiger partial charge in [0.05, 0.1) is 47.5 Å². The summed E-state index contributed by atoms with van der Waals surface area (Å²) in [4.78, 5) is 19.2. The summed E-state index contributed by atoms with van der Waals surface area (Å²) in [7, 11) is 7.58. The molecule has 0 N–H and O–H groups in total. The first kappa shape index (κ1) is 32.5. The summed E-state index contributed by atoms with van der Waals surface area (Å²) in [6.45, 7) is 6.98. The molecule has 2 aromatic heterocycles. The Morgan fingerprint density at radius 1 is 1.00 bits per heavy atom. The molecule has 0 bridgehead atoms. The standard InChI is InChI=1S/C30H37N2O7S.C2H4/c1-34-21-12-10-20(11-13-21)19-32-29-23(9-7-14-31-29)26(37-4)28(30(32)33)40(6)16-8-15-39-22-17-24(35-2)27(38-5)25(18-22)36-3;1-2/h7,9-10,12-14,17-18,20H,8,11,15-16,19H2,1-6H3;1-2H2/q+1;. The van der Waals surface area contributed by atoms with Gasteiger partial charge < -0.3 is 28.4 Å². The highest BCUT2D eigenvalue weighted by molar-refractivity contribution is 7.96. The number of benzene rings is 1. The van der Waals surface area contributed by atoms with Crippen LogP contribution in [0, 0.1) is 5.92 Å². The van der Waals surface area contributed by atoms with Crippen LogP contribution in [-0.4, -0.2) is 63.7 Å². The normalized spacial score (nSPS) is 14.7. The van der Waals surface area contributed by atoms with Crippen LogP contribution in [0.5, 0.6) is 28.7 Å². The molecular formula is C32H41N2O7S+. The van der Waals surface area contributed by atoms with Crippen LogP contribution in [0.1, 0.15) is 12.8 Å². The van der Waals surface area contributed by atoms with E-state index in [4.69, 9.17) is 28.4 Å². The summed E-state index contributed by atoms with van der Waals surface area (Å²) in [6.07, 6.45) is 11.4. The fourth-order valence-electron chi connectivity index (χ4n) is 4.78. The van der Waals surface area contributed by atoms with Gasteiger partial charge in [-0.3, -0.25) is 9.36 Å². The topological polar surface area (TPSA) is 90.3 Å². The van der Waals surface area contributed by atoms with Gasteiger partial charge in [0, 0.05) is 42.2 Å². The van der Waals surface area contributed by atoms with Gasteiger partial charge in [-0.15, -0.1) is 13.2 Å². The third-order valence-corrected chi connectivity index (χ3v) is 8.75. The van der Waals surface area contributed by atoms with E-state index in [-0.39, 0.29) is 11.5 Å². The van der Waals surface area contributed by atoms with Crippen LogP contribution in [0.2, 0.25) is 0 Å². The summed E-state index contributed by atoms with van der Waals surface area (Å²) in [5.74, 6) is 4.55. The van der Waals surface area contributed by atoms with Crippen LogP contribution in [0.15, 0.2) is 77.3 Å². The maximum absolute atomic E-state index is 14.0. The predicted octanol–water partition coefficient (Wildman–Crippen LogP) is 5.42. The molecular weight excluding hydrogens is 556 g/mol. The Labute approximate surface area is 250 Å². The first-order valence-corrected chi connectivity index (χ1v) is 15.3. The van der Waals surface area contributed by atoms with E-state index in [1.165, 1.54) is 0 Å². The van der Waals surface area contributed by atoms with Crippen LogP contribution >= 0.6 is 0 Å². The third-order valence-electron chi connectivity index (χ3n) is 6.79. The zero-order chi connectivity index (χ0) is 30.6. The van der Waals surface area contributed by atoms with Crippen molar-refractivity contribution in [3.8, 4) is 28.7 Å². The van der Waals surface area contributed by atoms with Gasteiger partial charge in [0.25, 0.3) is 4.90 Å². The maximum Gasteiger partial charge on any atom is 0.311 e. The van der Waals surface area contributed by atoms with Crippen molar-refractivity contribution in [3.63, 3.8) is 0 Å². The van der Waals surface area contributed by atoms with Crippen molar-refractivity contribution < 1.29 is 28.4 Å². The predicted molar refractivity (Wildman–Crippen MR) is 169 cm³/mol. The molecule has 4 rings (SSSR count). The number of hydrogen-bond acceptors (Lipinski definition) is 8. The molecule has 0 saturated carbocycles. The first-order chi connectivity index (χ1) is 20.4. The quantitative estimate of drug-likeness (QED) is 0.147. The largest absolute Gasteiger partial charge is 0.497 e. The van der Waals surface area contributed by atoms with Crippen molar-refractivity contribution >= 4 is 21.9 Å². The van der Waals surface area contributed by atoms with Crippen LogP contribution in [-0.2, 0) is 22.2 Å². The summed E-state index contributed by atoms with van der Waals surface area (Å²) in [5.41, 5.74) is 0.570. The highest BCUT2D eigenvalue weighted by Gasteiger charge is 2.31. The van der Waals surface area contributed by atoms with E-state index < -0.39 is 10.9 Å². The van der Waals surface area contributed by atoms with E-state index in [0.717, 1.165) is 29.7 Å². The van der Waals surface area contributed by atoms with Gasteiger partial charge >= 0.3 is 5.56 Å². The molecule has 2 unspecified atom stereocenters. The number of allylic oxidation sites excluding steroid dienone is 3. The van der Waals surface area contributed by atoms with Crippen molar-refractivity contribution in [1.29, 1.82) is 0 Å². The molecule has 0 saturated heterocycles. The molecule has 1 aromatic carbocycles. The van der Waals surface area contributed by atoms with Crippen molar-refractivity contribution in [2.45, 2.75) is 24.3 Å². The van der Waals surface area contributed by atoms with Crippen molar-refractivity contribution in [2.24, 2.45) is 5.92 Å². The minimum Gasteiger partial charge on any atom is -0.497 e. The summed E-state index contributed by atoms with van der Waals surface area (Å²) in [6, 6.07) is 7.38. The lowest BCUT2D eigenvalue weighted by atomic mass is 10.00. The number of nitrogens with zero attached hydrogens (tertiary/aromatic N) is 2. The molecule has 10 heteroatoms. The Morgan fingerprint density at radius 2 is 1.69 bits per heavy atom. The maximum atomic E-state index is 14.0. The molecule has 3 aromatic rings. The molecule has 1 aliphatic rings. The summed E-state index contributed by atoms with van der Waals surface area (Å²) >= 11 is 0. The van der Waals surface area contributed by atoms with Crippen molar-refractivity contribution in [3.05, 3.63) is 78.0 Å². The third kappa shape index (κ3) is 7.23. The number of methoxy groups -OCH3 is 5. The molecule has 226 valence electrons. The van der Waals surface area contributed by atoms with Gasteiger partial charge in [-0.2, -0.15) is 0 Å². The molecule has 2 heterocycles. The van der Waals surface area contributed by atoms with E-state index in [0.29, 0.717) is 52.4 Å². The number of aromatic nitrogens is 2. The van der Waals surface area contributed by atoms with Gasteiger partial charge in [-0.1, -0.05) is 6.08 Å². The highest BCUT2D eigenvalue weighted by Crippen LogP contribution is 2.41. The van der Waals surface area contributed by atoms with Gasteiger partial charge in [0.15, 0.2) is 17.2 Å². The highest BCUT2D eigenvalue weighted by atomic mass is 32.2. The fourth-order valence-corrected chi connectivity index (χ4v) is 6.45. The smallest absolute Gasteiger partial charge is 0.311 e. The van der Waals surface area contributed by atoms with Crippen LogP contribution in [0.4, 0.5) is 0 Å². The van der Waals surface area contributed by atoms with Crippen LogP contribution in [0.25, 0.3) is 11.0 Å². The number of ether oxygens (including phenoxy) is 6. The first-order valence-electron chi connectivity index (χ1n) is 13.5. The number of hydrogen-bond donors (Lipinski definition) is 0. The monoisotopic (exact) mass is 597 g/mol. The average Bonchev–Trinajstić information content (AvgIpc) is 3.04. The van der Waals surface area contributed by atoms with Gasteiger partial charge in [0.2, 0.25) is 5.75 Å². The molecule has 0 amide bonds. The zero-order valence-electron chi connectivity index (χ0n) is 25.3. The Kier molecular flexibility index (Phi) is 12.2. The second-order valence-corrected chi connectivity index (χ2v) is 11.3. The van der Waals surface area contributed by atoms with E-state index in [2.05, 4.69) is 30.5 Å². The SMILES string of the molecule is C=C.COC1=CCC(Cn2c(=O)c([S+](C)CCCOc3cc(OC)c(OC)c(OC)c3)c(OC)c3cccnc32)C=C1. The second-order valence-electron chi connectivity index (χ2n) is 9.22. The van der Waals surface area contributed by atoms with E-state index >= 15 is 0 Å². The lowest BCUT2D eigenvalue weighted by Crippen LogP contribution is -2.31. The average molecular weight is 598 g/mol. The van der Waals surface area contributed by atoms with E-state index in [1.807, 2.05) is 24.3 Å². The van der Waals surface area contributed by atoms with Gasteiger partial charge in [0.1, 0.15) is 29.2 Å². The Bertz CT molecular complexity index is 1440. The molecule has 42 heavy (non-hydrogen) atoms. The summed E-state index contributed by atoms with van der Waals surface area (Å²) in [5, 5.41) is 0.834. The molecule has 2 atom stereocenters. The number of fused-ring (bicyclic) bond motifs is 1. The molecule has 0 aliphatic heterocycles. The van der Waals surface area contributed by atoms with Gasteiger partial charge in [-0.05, 0) is 36.6 Å².